The molecule has 8 nitrogen and oxygen atoms in total. The first-order valence-corrected chi connectivity index (χ1v) is 11.8. The van der Waals surface area contributed by atoms with E-state index >= 15 is 0 Å². The smallest absolute Gasteiger partial charge is 0.328 e. The zero-order chi connectivity index (χ0) is 25.1. The zero-order valence-corrected chi connectivity index (χ0v) is 20.0. The van der Waals surface area contributed by atoms with E-state index in [1.165, 1.54) is 42.3 Å². The summed E-state index contributed by atoms with van der Waals surface area (Å²) < 4.78 is 25.2. The molecule has 0 bridgehead atoms. The van der Waals surface area contributed by atoms with Crippen LogP contribution in [0.25, 0.3) is 0 Å². The molecule has 3 N–H and O–H groups in total. The largest absolute Gasteiger partial charge is 0.467 e. The Hall–Kier alpha value is -3.17. The number of nitrogens with two attached hydrogens (primary N) is 1. The average molecular weight is 504 g/mol. The number of carbonyl (C=O) groups is 3. The third kappa shape index (κ3) is 5.26. The summed E-state index contributed by atoms with van der Waals surface area (Å²) in [7, 11) is 1.25. The number of halogens is 2. The lowest BCUT2D eigenvalue weighted by molar-refractivity contribution is -0.156. The molecule has 0 aromatic heterocycles. The van der Waals surface area contributed by atoms with Crippen LogP contribution in [0.4, 0.5) is 15.8 Å². The Morgan fingerprint density at radius 1 is 1.17 bits per heavy atom. The number of hydrogen-bond acceptors (Lipinski definition) is 7. The van der Waals surface area contributed by atoms with Gasteiger partial charge in [-0.25, -0.2) is 9.18 Å². The average Bonchev–Trinajstić information content (AvgIpc) is 3.25. The molecule has 0 saturated carbocycles. The minimum absolute atomic E-state index is 0.0687. The third-order valence-corrected chi connectivity index (χ3v) is 6.66. The number of ketones is 1. The number of likely N-dealkylation sites (tertiary alicyclic amines) is 1. The van der Waals surface area contributed by atoms with Crippen LogP contribution in [0.1, 0.15) is 47.7 Å². The van der Waals surface area contributed by atoms with Gasteiger partial charge in [0.15, 0.2) is 6.10 Å². The minimum atomic E-state index is -1.60. The molecule has 4 rings (SSSR count). The Morgan fingerprint density at radius 2 is 1.97 bits per heavy atom. The molecule has 35 heavy (non-hydrogen) atoms. The molecule has 2 aromatic carbocycles. The number of benzene rings is 2. The lowest BCUT2D eigenvalue weighted by Crippen LogP contribution is -2.49. The summed E-state index contributed by atoms with van der Waals surface area (Å²) in [5, 5.41) is 3.30. The number of fused-ring (bicyclic) bond motifs is 1. The predicted molar refractivity (Wildman–Crippen MR) is 129 cm³/mol. The van der Waals surface area contributed by atoms with E-state index in [0.29, 0.717) is 49.2 Å². The van der Waals surface area contributed by atoms with Crippen molar-refractivity contribution in [3.8, 4) is 0 Å². The normalized spacial score (nSPS) is 20.4. The highest BCUT2D eigenvalue weighted by Crippen LogP contribution is 2.35. The highest BCUT2D eigenvalue weighted by Gasteiger charge is 2.42. The molecule has 0 aliphatic carbocycles. The minimum Gasteiger partial charge on any atom is -0.467 e. The predicted octanol–water partition coefficient (Wildman–Crippen LogP) is 3.74. The van der Waals surface area contributed by atoms with Crippen molar-refractivity contribution >= 4 is 40.6 Å². The van der Waals surface area contributed by atoms with Gasteiger partial charge in [-0.15, -0.1) is 0 Å². The first kappa shape index (κ1) is 24.9. The quantitative estimate of drug-likeness (QED) is 0.267. The Kier molecular flexibility index (Phi) is 7.57. The van der Waals surface area contributed by atoms with Gasteiger partial charge in [0.1, 0.15) is 11.9 Å². The summed E-state index contributed by atoms with van der Waals surface area (Å²) in [5.74, 6) is -2.34. The summed E-state index contributed by atoms with van der Waals surface area (Å²) in [6, 6.07) is 7.84. The number of carbonyl (C=O) groups excluding carboxylic acids is 3. The van der Waals surface area contributed by atoms with Crippen LogP contribution in [-0.4, -0.2) is 54.9 Å². The van der Waals surface area contributed by atoms with E-state index in [4.69, 9.17) is 26.8 Å². The molecule has 186 valence electrons. The van der Waals surface area contributed by atoms with Crippen molar-refractivity contribution in [3.05, 3.63) is 58.4 Å². The van der Waals surface area contributed by atoms with Crippen molar-refractivity contribution in [3.63, 3.8) is 0 Å². The Labute approximate surface area is 207 Å². The first-order valence-electron chi connectivity index (χ1n) is 11.5. The SMILES string of the molecule is COC(=O)[C@@H]1CCCN1C(=O)C(OC1CCCNc2ccc(F)cc21)C(=O)c1ccc(N)cc1Cl. The standard InChI is InChI=1S/C25H27ClFN3O5/c1-34-25(33)20-4-3-11-30(20)24(32)23(22(31)16-8-7-15(28)13-18(16)26)35-21-5-2-10-29-19-9-6-14(27)12-17(19)21/h6-9,12-13,20-21,23,29H,2-5,10-11,28H2,1H3/t20-,21?,23?/m0/s1. The summed E-state index contributed by atoms with van der Waals surface area (Å²) >= 11 is 6.29. The van der Waals surface area contributed by atoms with Crippen molar-refractivity contribution in [2.24, 2.45) is 0 Å². The summed E-state index contributed by atoms with van der Waals surface area (Å²) in [6.45, 7) is 0.907. The van der Waals surface area contributed by atoms with Gasteiger partial charge in [-0.05, 0) is 62.1 Å². The van der Waals surface area contributed by atoms with Crippen LogP contribution in [0.2, 0.25) is 5.02 Å². The Morgan fingerprint density at radius 3 is 2.71 bits per heavy atom. The Bertz CT molecular complexity index is 1140. The summed E-state index contributed by atoms with van der Waals surface area (Å²) in [5.41, 5.74) is 7.39. The lowest BCUT2D eigenvalue weighted by atomic mass is 10.0. The molecule has 2 aliphatic rings. The maximum absolute atomic E-state index is 14.1. The van der Waals surface area contributed by atoms with Crippen LogP contribution in [0, 0.1) is 5.82 Å². The third-order valence-electron chi connectivity index (χ3n) is 6.35. The highest BCUT2D eigenvalue weighted by atomic mass is 35.5. The zero-order valence-electron chi connectivity index (χ0n) is 19.3. The fourth-order valence-electron chi connectivity index (χ4n) is 4.60. The number of nitrogens with one attached hydrogen (secondary N) is 1. The van der Waals surface area contributed by atoms with E-state index in [2.05, 4.69) is 5.32 Å². The van der Waals surface area contributed by atoms with Gasteiger partial charge in [0.25, 0.3) is 5.91 Å². The number of hydrogen-bond donors (Lipinski definition) is 2. The molecule has 0 spiro atoms. The van der Waals surface area contributed by atoms with Crippen molar-refractivity contribution < 1.29 is 28.2 Å². The molecule has 0 radical (unpaired) electrons. The second-order valence-corrected chi connectivity index (χ2v) is 9.03. The topological polar surface area (TPSA) is 111 Å². The molecule has 10 heteroatoms. The van der Waals surface area contributed by atoms with Gasteiger partial charge in [-0.2, -0.15) is 0 Å². The van der Waals surface area contributed by atoms with Crippen LogP contribution < -0.4 is 11.1 Å². The van der Waals surface area contributed by atoms with Crippen LogP contribution in [0.5, 0.6) is 0 Å². The van der Waals surface area contributed by atoms with Crippen molar-refractivity contribution in [1.82, 2.24) is 4.90 Å². The van der Waals surface area contributed by atoms with Gasteiger partial charge in [0.05, 0.1) is 18.2 Å². The number of amides is 1. The van der Waals surface area contributed by atoms with Gasteiger partial charge in [0, 0.05) is 35.6 Å². The summed E-state index contributed by atoms with van der Waals surface area (Å²) in [6.07, 6.45) is -0.204. The van der Waals surface area contributed by atoms with Gasteiger partial charge in [-0.3, -0.25) is 9.59 Å². The van der Waals surface area contributed by atoms with Crippen LogP contribution in [0.3, 0.4) is 0 Å². The maximum Gasteiger partial charge on any atom is 0.328 e. The number of rotatable bonds is 6. The Balaban J connectivity index is 1.72. The van der Waals surface area contributed by atoms with E-state index in [0.717, 1.165) is 0 Å². The number of methoxy groups -OCH3 is 1. The second-order valence-electron chi connectivity index (χ2n) is 8.62. The van der Waals surface area contributed by atoms with E-state index in [9.17, 15) is 18.8 Å². The highest BCUT2D eigenvalue weighted by molar-refractivity contribution is 6.35. The monoisotopic (exact) mass is 503 g/mol. The molecule has 2 heterocycles. The lowest BCUT2D eigenvalue weighted by Gasteiger charge is -2.29. The van der Waals surface area contributed by atoms with Crippen LogP contribution in [0.15, 0.2) is 36.4 Å². The number of ether oxygens (including phenoxy) is 2. The maximum atomic E-state index is 14.1. The molecule has 3 atom stereocenters. The van der Waals surface area contributed by atoms with E-state index < -0.39 is 41.7 Å². The number of nitrogen functional groups attached to an aromatic ring is 1. The van der Waals surface area contributed by atoms with Gasteiger partial charge in [-0.1, -0.05) is 11.6 Å². The first-order chi connectivity index (χ1) is 16.8. The van der Waals surface area contributed by atoms with E-state index in [-0.39, 0.29) is 17.1 Å². The van der Waals surface area contributed by atoms with E-state index in [1.807, 2.05) is 0 Å². The molecule has 1 fully saturated rings. The van der Waals surface area contributed by atoms with E-state index in [1.54, 1.807) is 6.07 Å². The molecule has 2 aliphatic heterocycles. The fourth-order valence-corrected chi connectivity index (χ4v) is 4.88. The number of anilines is 2. The molecule has 1 saturated heterocycles. The molecular weight excluding hydrogens is 477 g/mol. The molecule has 2 aromatic rings. The van der Waals surface area contributed by atoms with Crippen molar-refractivity contribution in [1.29, 1.82) is 0 Å². The molecule has 2 unspecified atom stereocenters. The second kappa shape index (κ2) is 10.6. The van der Waals surface area contributed by atoms with Crippen LogP contribution in [-0.2, 0) is 19.1 Å². The summed E-state index contributed by atoms with van der Waals surface area (Å²) in [4.78, 5) is 41.0. The number of Topliss-reactive ketones (excluding diaryl/α,β-unsaturated/α-hetero) is 1. The van der Waals surface area contributed by atoms with Gasteiger partial charge < -0.3 is 25.4 Å². The van der Waals surface area contributed by atoms with Gasteiger partial charge >= 0.3 is 5.97 Å². The fraction of sp³-hybridized carbons (Fsp3) is 0.400. The van der Waals surface area contributed by atoms with Gasteiger partial charge in [0.2, 0.25) is 5.78 Å². The van der Waals surface area contributed by atoms with Crippen molar-refractivity contribution in [2.45, 2.75) is 43.9 Å². The van der Waals surface area contributed by atoms with Crippen LogP contribution >= 0.6 is 11.6 Å². The van der Waals surface area contributed by atoms with Crippen molar-refractivity contribution in [2.75, 3.05) is 31.2 Å². The molecule has 1 amide bonds. The molecular formula is C25H27ClFN3O5. The number of esters is 1. The number of nitrogens with zero attached hydrogens (tertiary/aromatic N) is 1.